The first kappa shape index (κ1) is 22.0. The van der Waals surface area contributed by atoms with E-state index in [4.69, 9.17) is 0 Å². The molecule has 0 aliphatic heterocycles. The summed E-state index contributed by atoms with van der Waals surface area (Å²) in [6.07, 6.45) is 2.73. The Hall–Kier alpha value is -2.67. The second kappa shape index (κ2) is 10.9. The fourth-order valence-corrected chi connectivity index (χ4v) is 4.05. The van der Waals surface area contributed by atoms with Crippen LogP contribution < -0.4 is 5.32 Å². The molecule has 3 rings (SSSR count). The number of carbonyl (C=O) groups excluding carboxylic acids is 1. The largest absolute Gasteiger partial charge is 0.353 e. The van der Waals surface area contributed by atoms with Gasteiger partial charge >= 0.3 is 0 Å². The van der Waals surface area contributed by atoms with Crippen LogP contribution in [0.25, 0.3) is 11.4 Å². The van der Waals surface area contributed by atoms with Crippen molar-refractivity contribution in [2.45, 2.75) is 50.9 Å². The van der Waals surface area contributed by atoms with Gasteiger partial charge in [0.25, 0.3) is 0 Å². The summed E-state index contributed by atoms with van der Waals surface area (Å²) in [5.74, 6) is 0.347. The summed E-state index contributed by atoms with van der Waals surface area (Å²) in [6.45, 7) is 4.69. The summed E-state index contributed by atoms with van der Waals surface area (Å²) < 4.78 is 16.3. The highest BCUT2D eigenvalue weighted by Gasteiger charge is 2.18. The van der Waals surface area contributed by atoms with E-state index >= 15 is 0 Å². The van der Waals surface area contributed by atoms with Gasteiger partial charge in [-0.1, -0.05) is 67.6 Å². The highest BCUT2D eigenvalue weighted by atomic mass is 32.2. The minimum absolute atomic E-state index is 0.0361. The third kappa shape index (κ3) is 5.92. The lowest BCUT2D eigenvalue weighted by atomic mass is 10.1. The number of aryl methyl sites for hydroxylation is 1. The Labute approximate surface area is 181 Å². The molecule has 0 bridgehead atoms. The molecule has 2 aromatic carbocycles. The van der Waals surface area contributed by atoms with E-state index in [1.54, 1.807) is 18.2 Å². The van der Waals surface area contributed by atoms with Crippen molar-refractivity contribution >= 4 is 17.7 Å². The van der Waals surface area contributed by atoms with E-state index in [9.17, 15) is 9.18 Å². The van der Waals surface area contributed by atoms with E-state index < -0.39 is 0 Å². The molecule has 0 saturated carbocycles. The molecule has 3 aromatic rings. The zero-order chi connectivity index (χ0) is 21.3. The molecule has 7 heteroatoms. The number of nitrogens with one attached hydrogen (secondary N) is 1. The van der Waals surface area contributed by atoms with Gasteiger partial charge in [-0.2, -0.15) is 0 Å². The van der Waals surface area contributed by atoms with E-state index in [2.05, 4.69) is 34.6 Å². The average Bonchev–Trinajstić information content (AvgIpc) is 3.14. The van der Waals surface area contributed by atoms with Gasteiger partial charge in [-0.3, -0.25) is 4.79 Å². The molecule has 158 valence electrons. The molecule has 1 N–H and O–H groups in total. The number of hydrogen-bond donors (Lipinski definition) is 1. The minimum Gasteiger partial charge on any atom is -0.353 e. The highest BCUT2D eigenvalue weighted by Crippen LogP contribution is 2.26. The maximum absolute atomic E-state index is 14.4. The van der Waals surface area contributed by atoms with Crippen LogP contribution in [0.1, 0.15) is 32.3 Å². The van der Waals surface area contributed by atoms with Gasteiger partial charge in [0.15, 0.2) is 11.0 Å². The minimum atomic E-state index is -0.339. The molecule has 5 nitrogen and oxygen atoms in total. The quantitative estimate of drug-likeness (QED) is 0.477. The van der Waals surface area contributed by atoms with E-state index in [0.29, 0.717) is 23.1 Å². The van der Waals surface area contributed by atoms with Crippen molar-refractivity contribution < 1.29 is 9.18 Å². The Balaban J connectivity index is 1.78. The number of carbonyl (C=O) groups is 1. The van der Waals surface area contributed by atoms with Crippen LogP contribution in [0.15, 0.2) is 59.8 Å². The highest BCUT2D eigenvalue weighted by molar-refractivity contribution is 7.99. The van der Waals surface area contributed by atoms with E-state index in [0.717, 1.165) is 19.3 Å². The first-order chi connectivity index (χ1) is 14.6. The molecule has 0 fully saturated rings. The number of hydrogen-bond acceptors (Lipinski definition) is 4. The van der Waals surface area contributed by atoms with Gasteiger partial charge in [0.1, 0.15) is 5.82 Å². The Morgan fingerprint density at radius 1 is 1.13 bits per heavy atom. The van der Waals surface area contributed by atoms with Crippen molar-refractivity contribution in [2.75, 3.05) is 5.75 Å². The summed E-state index contributed by atoms with van der Waals surface area (Å²) in [4.78, 5) is 12.3. The van der Waals surface area contributed by atoms with Gasteiger partial charge < -0.3 is 9.88 Å². The Kier molecular flexibility index (Phi) is 8.02. The monoisotopic (exact) mass is 426 g/mol. The molecule has 0 saturated heterocycles. The van der Waals surface area contributed by atoms with Gasteiger partial charge in [-0.25, -0.2) is 4.39 Å². The maximum atomic E-state index is 14.4. The number of nitrogens with zero attached hydrogens (tertiary/aromatic N) is 3. The normalized spacial score (nSPS) is 12.0. The van der Waals surface area contributed by atoms with Crippen LogP contribution >= 0.6 is 11.8 Å². The third-order valence-electron chi connectivity index (χ3n) is 4.76. The second-order valence-corrected chi connectivity index (χ2v) is 8.16. The van der Waals surface area contributed by atoms with E-state index in [1.807, 2.05) is 29.7 Å². The first-order valence-electron chi connectivity index (χ1n) is 10.2. The summed E-state index contributed by atoms with van der Waals surface area (Å²) in [7, 11) is 0. The van der Waals surface area contributed by atoms with Crippen molar-refractivity contribution in [3.05, 3.63) is 66.0 Å². The zero-order valence-corrected chi connectivity index (χ0v) is 18.2. The molecule has 0 aliphatic carbocycles. The molecule has 0 unspecified atom stereocenters. The van der Waals surface area contributed by atoms with Gasteiger partial charge in [0.2, 0.25) is 5.91 Å². The Morgan fingerprint density at radius 3 is 2.60 bits per heavy atom. The maximum Gasteiger partial charge on any atom is 0.230 e. The zero-order valence-electron chi connectivity index (χ0n) is 17.3. The van der Waals surface area contributed by atoms with Crippen LogP contribution in [0.4, 0.5) is 4.39 Å². The summed E-state index contributed by atoms with van der Waals surface area (Å²) >= 11 is 1.33. The lowest BCUT2D eigenvalue weighted by Crippen LogP contribution is -2.33. The molecular weight excluding hydrogens is 399 g/mol. The van der Waals surface area contributed by atoms with Crippen LogP contribution in [-0.4, -0.2) is 32.5 Å². The Morgan fingerprint density at radius 2 is 1.87 bits per heavy atom. The smallest absolute Gasteiger partial charge is 0.230 e. The standard InChI is InChI=1S/C23H27FN4OS/c1-3-9-17(2)25-21(29)16-30-23-27-26-22(19-12-7-8-13-20(19)24)28(23)15-14-18-10-5-4-6-11-18/h4-8,10-13,17H,3,9,14-16H2,1-2H3,(H,25,29)/t17-/m1/s1. The molecule has 0 spiro atoms. The molecule has 0 aliphatic rings. The van der Waals surface area contributed by atoms with Crippen molar-refractivity contribution in [2.24, 2.45) is 0 Å². The number of benzene rings is 2. The number of aromatic nitrogens is 3. The second-order valence-electron chi connectivity index (χ2n) is 7.22. The molecule has 1 atom stereocenters. The predicted molar refractivity (Wildman–Crippen MR) is 119 cm³/mol. The van der Waals surface area contributed by atoms with Gasteiger partial charge in [-0.15, -0.1) is 10.2 Å². The summed E-state index contributed by atoms with van der Waals surface area (Å²) in [5.41, 5.74) is 1.58. The van der Waals surface area contributed by atoms with Gasteiger partial charge in [0, 0.05) is 12.6 Å². The lowest BCUT2D eigenvalue weighted by Gasteiger charge is -2.13. The third-order valence-corrected chi connectivity index (χ3v) is 5.73. The molecule has 1 amide bonds. The van der Waals surface area contributed by atoms with Crippen molar-refractivity contribution in [1.29, 1.82) is 0 Å². The number of thioether (sulfide) groups is 1. The summed E-state index contributed by atoms with van der Waals surface area (Å²) in [6, 6.07) is 16.8. The van der Waals surface area contributed by atoms with Gasteiger partial charge in [0.05, 0.1) is 11.3 Å². The van der Waals surface area contributed by atoms with Crippen LogP contribution in [-0.2, 0) is 17.8 Å². The molecule has 1 aromatic heterocycles. The van der Waals surface area contributed by atoms with Crippen LogP contribution in [0.3, 0.4) is 0 Å². The number of amides is 1. The SMILES string of the molecule is CCC[C@@H](C)NC(=O)CSc1nnc(-c2ccccc2F)n1CCc1ccccc1. The number of rotatable bonds is 10. The lowest BCUT2D eigenvalue weighted by molar-refractivity contribution is -0.119. The first-order valence-corrected chi connectivity index (χ1v) is 11.2. The average molecular weight is 427 g/mol. The topological polar surface area (TPSA) is 59.8 Å². The molecule has 0 radical (unpaired) electrons. The van der Waals surface area contributed by atoms with E-state index in [-0.39, 0.29) is 23.5 Å². The Bertz CT molecular complexity index is 961. The number of halogens is 1. The predicted octanol–water partition coefficient (Wildman–Crippen LogP) is 4.72. The molecule has 1 heterocycles. The van der Waals surface area contributed by atoms with Crippen molar-refractivity contribution in [3.63, 3.8) is 0 Å². The van der Waals surface area contributed by atoms with Crippen LogP contribution in [0, 0.1) is 5.82 Å². The summed E-state index contributed by atoms with van der Waals surface area (Å²) in [5, 5.41) is 12.1. The van der Waals surface area contributed by atoms with Crippen LogP contribution in [0.2, 0.25) is 0 Å². The van der Waals surface area contributed by atoms with Crippen molar-refractivity contribution in [3.8, 4) is 11.4 Å². The molecular formula is C23H27FN4OS. The fourth-order valence-electron chi connectivity index (χ4n) is 3.28. The van der Waals surface area contributed by atoms with Crippen molar-refractivity contribution in [1.82, 2.24) is 20.1 Å². The fraction of sp³-hybridized carbons (Fsp3) is 0.348. The van der Waals surface area contributed by atoms with E-state index in [1.165, 1.54) is 23.4 Å². The van der Waals surface area contributed by atoms with Gasteiger partial charge in [-0.05, 0) is 37.5 Å². The molecule has 30 heavy (non-hydrogen) atoms. The van der Waals surface area contributed by atoms with Crippen LogP contribution in [0.5, 0.6) is 0 Å².